The van der Waals surface area contributed by atoms with Gasteiger partial charge in [0.1, 0.15) is 11.8 Å². The summed E-state index contributed by atoms with van der Waals surface area (Å²) in [6.07, 6.45) is 1.50. The van der Waals surface area contributed by atoms with E-state index in [1.54, 1.807) is 48.0 Å². The Kier molecular flexibility index (Phi) is 8.15. The van der Waals surface area contributed by atoms with Crippen LogP contribution in [0.5, 0.6) is 5.75 Å². The van der Waals surface area contributed by atoms with E-state index < -0.39 is 28.7 Å². The summed E-state index contributed by atoms with van der Waals surface area (Å²) in [4.78, 5) is 43.9. The van der Waals surface area contributed by atoms with Gasteiger partial charge in [-0.2, -0.15) is 0 Å². The first-order chi connectivity index (χ1) is 19.3. The highest BCUT2D eigenvalue weighted by molar-refractivity contribution is 8.02. The average Bonchev–Trinajstić information content (AvgIpc) is 3.56. The molecule has 0 aliphatic carbocycles. The van der Waals surface area contributed by atoms with E-state index in [2.05, 4.69) is 17.6 Å². The number of carbonyl (C=O) groups excluding carboxylic acids is 3. The number of rotatable bonds is 10. The van der Waals surface area contributed by atoms with Gasteiger partial charge in [-0.05, 0) is 48.1 Å². The maximum Gasteiger partial charge on any atom is 0.248 e. The molecule has 8 nitrogen and oxygen atoms in total. The van der Waals surface area contributed by atoms with Crippen LogP contribution in [0.1, 0.15) is 39.2 Å². The van der Waals surface area contributed by atoms with Gasteiger partial charge in [-0.25, -0.2) is 0 Å². The maximum atomic E-state index is 14.4. The first kappa shape index (κ1) is 28.5. The van der Waals surface area contributed by atoms with Crippen molar-refractivity contribution in [3.05, 3.63) is 60.2 Å². The van der Waals surface area contributed by atoms with Crippen LogP contribution in [0.25, 0.3) is 0 Å². The smallest absolute Gasteiger partial charge is 0.248 e. The number of aliphatic hydroxyl groups is 1. The predicted octanol–water partition coefficient (Wildman–Crippen LogP) is 3.69. The minimum atomic E-state index is -0.810. The summed E-state index contributed by atoms with van der Waals surface area (Å²) >= 11 is 1.64. The van der Waals surface area contributed by atoms with Gasteiger partial charge in [0.25, 0.3) is 0 Å². The number of aliphatic hydroxyl groups excluding tert-OH is 1. The Balaban J connectivity index is 1.50. The van der Waals surface area contributed by atoms with Crippen molar-refractivity contribution >= 4 is 35.2 Å². The van der Waals surface area contributed by atoms with E-state index in [9.17, 15) is 19.5 Å². The number of fused-ring (bicyclic) bond motifs is 1. The monoisotopic (exact) mass is 565 g/mol. The van der Waals surface area contributed by atoms with Gasteiger partial charge in [0.05, 0.1) is 36.3 Å². The Morgan fingerprint density at radius 3 is 2.48 bits per heavy atom. The van der Waals surface area contributed by atoms with E-state index in [1.807, 2.05) is 44.2 Å². The fraction of sp³-hybridized carbons (Fsp3) is 0.516. The van der Waals surface area contributed by atoms with Crippen LogP contribution < -0.4 is 15.4 Å². The largest absolute Gasteiger partial charge is 0.497 e. The lowest BCUT2D eigenvalue weighted by Crippen LogP contribution is -2.58. The number of methoxy groups -OCH3 is 1. The lowest BCUT2D eigenvalue weighted by molar-refractivity contribution is -0.143. The number of ether oxygens (including phenoxy) is 1. The van der Waals surface area contributed by atoms with Gasteiger partial charge in [-0.3, -0.25) is 14.4 Å². The zero-order valence-corrected chi connectivity index (χ0v) is 24.3. The van der Waals surface area contributed by atoms with E-state index in [0.29, 0.717) is 18.0 Å². The molecule has 3 aliphatic rings. The third kappa shape index (κ3) is 4.67. The molecule has 214 valence electrons. The Hall–Kier alpha value is -3.04. The maximum absolute atomic E-state index is 14.4. The zero-order valence-electron chi connectivity index (χ0n) is 23.5. The molecule has 3 N–H and O–H groups in total. The van der Waals surface area contributed by atoms with Crippen LogP contribution in [0.4, 0.5) is 5.69 Å². The molecule has 3 aliphatic heterocycles. The highest BCUT2D eigenvalue weighted by Crippen LogP contribution is 2.69. The summed E-state index contributed by atoms with van der Waals surface area (Å²) in [7, 11) is 1.58. The number of benzene rings is 2. The van der Waals surface area contributed by atoms with Crippen molar-refractivity contribution in [3.63, 3.8) is 0 Å². The van der Waals surface area contributed by atoms with Crippen molar-refractivity contribution < 1.29 is 24.2 Å². The molecule has 5 rings (SSSR count). The summed E-state index contributed by atoms with van der Waals surface area (Å²) in [5.74, 6) is -1.10. The van der Waals surface area contributed by atoms with E-state index in [-0.39, 0.29) is 41.4 Å². The fourth-order valence-corrected chi connectivity index (χ4v) is 9.43. The van der Waals surface area contributed by atoms with Crippen molar-refractivity contribution in [2.45, 2.75) is 62.2 Å². The average molecular weight is 566 g/mol. The van der Waals surface area contributed by atoms with E-state index in [4.69, 9.17) is 4.74 Å². The number of anilines is 1. The van der Waals surface area contributed by atoms with Crippen molar-refractivity contribution in [3.8, 4) is 5.75 Å². The minimum absolute atomic E-state index is 0.0247. The molecule has 3 unspecified atom stereocenters. The number of hydrogen-bond donors (Lipinski definition) is 3. The predicted molar refractivity (Wildman–Crippen MR) is 156 cm³/mol. The third-order valence-electron chi connectivity index (χ3n) is 9.25. The highest BCUT2D eigenvalue weighted by atomic mass is 32.2. The second kappa shape index (κ2) is 11.4. The van der Waals surface area contributed by atoms with Gasteiger partial charge >= 0.3 is 0 Å². The molecule has 2 bridgehead atoms. The van der Waals surface area contributed by atoms with Crippen molar-refractivity contribution in [2.24, 2.45) is 23.7 Å². The quantitative estimate of drug-likeness (QED) is 0.406. The summed E-state index contributed by atoms with van der Waals surface area (Å²) < 4.78 is 4.49. The number of nitrogens with one attached hydrogen (secondary N) is 2. The molecule has 9 heteroatoms. The molecular weight excluding hydrogens is 526 g/mol. The zero-order chi connectivity index (χ0) is 28.6. The second-order valence-corrected chi connectivity index (χ2v) is 12.9. The number of hydrogen-bond acceptors (Lipinski definition) is 6. The fourth-order valence-electron chi connectivity index (χ4n) is 7.02. The van der Waals surface area contributed by atoms with E-state index in [0.717, 1.165) is 18.4 Å². The highest BCUT2D eigenvalue weighted by Gasteiger charge is 2.76. The van der Waals surface area contributed by atoms with Crippen LogP contribution in [-0.4, -0.2) is 63.5 Å². The Morgan fingerprint density at radius 1 is 1.15 bits per heavy atom. The molecule has 0 saturated carbocycles. The van der Waals surface area contributed by atoms with Crippen LogP contribution in [0.2, 0.25) is 0 Å². The molecule has 40 heavy (non-hydrogen) atoms. The Bertz CT molecular complexity index is 1240. The van der Waals surface area contributed by atoms with Gasteiger partial charge in [0, 0.05) is 17.5 Å². The molecule has 3 fully saturated rings. The summed E-state index contributed by atoms with van der Waals surface area (Å²) in [5.41, 5.74) is 1.59. The molecule has 3 heterocycles. The minimum Gasteiger partial charge on any atom is -0.497 e. The van der Waals surface area contributed by atoms with Gasteiger partial charge in [0.2, 0.25) is 17.7 Å². The summed E-state index contributed by atoms with van der Waals surface area (Å²) in [6.45, 7) is 6.25. The molecule has 2 aromatic rings. The van der Waals surface area contributed by atoms with E-state index in [1.165, 1.54) is 0 Å². The van der Waals surface area contributed by atoms with Crippen LogP contribution >= 0.6 is 11.8 Å². The normalized spacial score (nSPS) is 30.1. The summed E-state index contributed by atoms with van der Waals surface area (Å²) in [5, 5.41) is 16.6. The van der Waals surface area contributed by atoms with Crippen molar-refractivity contribution in [2.75, 3.05) is 19.0 Å². The number of amides is 3. The van der Waals surface area contributed by atoms with Crippen LogP contribution in [0.15, 0.2) is 54.6 Å². The second-order valence-electron chi connectivity index (χ2n) is 11.4. The summed E-state index contributed by atoms with van der Waals surface area (Å²) in [6, 6.07) is 15.5. The van der Waals surface area contributed by atoms with Gasteiger partial charge in [-0.1, -0.05) is 57.5 Å². The van der Waals surface area contributed by atoms with Crippen molar-refractivity contribution in [1.29, 1.82) is 0 Å². The molecule has 8 atom stereocenters. The Labute approximate surface area is 240 Å². The topological polar surface area (TPSA) is 108 Å². The molecule has 3 saturated heterocycles. The van der Waals surface area contributed by atoms with Crippen LogP contribution in [0.3, 0.4) is 0 Å². The number of nitrogens with zero attached hydrogens (tertiary/aromatic N) is 1. The molecule has 0 aromatic heterocycles. The van der Waals surface area contributed by atoms with Crippen LogP contribution in [0, 0.1) is 23.7 Å². The van der Waals surface area contributed by atoms with E-state index >= 15 is 0 Å². The first-order valence-electron chi connectivity index (χ1n) is 14.1. The lowest BCUT2D eigenvalue weighted by atomic mass is 9.66. The van der Waals surface area contributed by atoms with Crippen molar-refractivity contribution in [1.82, 2.24) is 10.2 Å². The van der Waals surface area contributed by atoms with Gasteiger partial charge in [-0.15, -0.1) is 11.8 Å². The van der Waals surface area contributed by atoms with Gasteiger partial charge < -0.3 is 25.4 Å². The number of carbonyl (C=O) groups is 3. The standard InChI is InChI=1S/C31H39N3O5S/c1-5-18(2)23(17-35)34-27(29(37)33-21-11-13-22(39-4)14-12-21)31-19(3)15-24(40-31)25(26(31)30(34)38)28(36)32-16-20-9-7-6-8-10-20/h6-14,18-19,23-27,35H,5,15-17H2,1-4H3,(H,32,36)(H,33,37)/t18-,19?,23-,24-,25+,26-,27?,31?/m0/s1. The van der Waals surface area contributed by atoms with Crippen LogP contribution in [-0.2, 0) is 20.9 Å². The van der Waals surface area contributed by atoms with Gasteiger partial charge in [0.15, 0.2) is 0 Å². The molecule has 0 radical (unpaired) electrons. The molecule has 1 spiro atoms. The first-order valence-corrected chi connectivity index (χ1v) is 15.0. The number of likely N-dealkylation sites (tertiary alicyclic amines) is 1. The lowest BCUT2D eigenvalue weighted by Gasteiger charge is -2.41. The molecule has 3 amide bonds. The Morgan fingerprint density at radius 2 is 1.85 bits per heavy atom. The molecular formula is C31H39N3O5S. The third-order valence-corrected chi connectivity index (χ3v) is 11.3. The SMILES string of the molecule is CC[C@H](C)[C@H](CO)N1C(=O)[C@@H]2[C@H](C(=O)NCc3ccccc3)[C@@H]3CC(C)C2(S3)C1C(=O)Nc1ccc(OC)cc1. The number of thioether (sulfide) groups is 1. The molecule has 2 aromatic carbocycles.